The van der Waals surface area contributed by atoms with Crippen molar-refractivity contribution in [3.8, 4) is 0 Å². The summed E-state index contributed by atoms with van der Waals surface area (Å²) in [5.74, 6) is 0. The van der Waals surface area contributed by atoms with E-state index in [0.717, 1.165) is 62.8 Å². The van der Waals surface area contributed by atoms with Crippen molar-refractivity contribution in [3.05, 3.63) is 86.0 Å². The summed E-state index contributed by atoms with van der Waals surface area (Å²) in [6, 6.07) is 9.97. The number of unbranched alkanes of at least 4 members (excludes halogenated alkanes) is 32. The van der Waals surface area contributed by atoms with Gasteiger partial charge < -0.3 is 5.53 Å². The Bertz CT molecular complexity index is 1750. The molecular weight excluding hydrogens is 988 g/mol. The van der Waals surface area contributed by atoms with Crippen LogP contribution in [0.4, 0.5) is 0 Å². The summed E-state index contributed by atoms with van der Waals surface area (Å²) < 4.78 is 1.65. The van der Waals surface area contributed by atoms with E-state index < -0.39 is 0 Å². The zero-order valence-electron chi connectivity index (χ0n) is 54.0. The molecule has 1 aliphatic rings. The van der Waals surface area contributed by atoms with E-state index >= 15 is 0 Å². The first-order valence-corrected chi connectivity index (χ1v) is 36.5. The van der Waals surface area contributed by atoms with E-state index in [-0.39, 0.29) is 0 Å². The molecule has 0 unspecified atom stereocenters. The van der Waals surface area contributed by atoms with Gasteiger partial charge in [-0.05, 0) is 128 Å². The molecule has 0 spiro atoms. The number of rotatable bonds is 52. The van der Waals surface area contributed by atoms with Crippen LogP contribution in [-0.4, -0.2) is 4.70 Å². The Morgan fingerprint density at radius 3 is 0.949 bits per heavy atom. The van der Waals surface area contributed by atoms with Crippen LogP contribution in [-0.2, 0) is 53.0 Å². The van der Waals surface area contributed by atoms with Gasteiger partial charge in [-0.1, -0.05) is 273 Å². The van der Waals surface area contributed by atoms with E-state index in [2.05, 4.69) is 92.7 Å². The molecule has 452 valence electrons. The molecule has 0 bridgehead atoms. The van der Waals surface area contributed by atoms with Crippen LogP contribution in [0.15, 0.2) is 35.9 Å². The normalized spacial score (nSPS) is 12.6. The average molecular weight is 1120 g/mol. The van der Waals surface area contributed by atoms with Gasteiger partial charge in [0.2, 0.25) is 11.4 Å². The van der Waals surface area contributed by atoms with E-state index in [1.807, 2.05) is 14.4 Å². The Morgan fingerprint density at radius 1 is 0.295 bits per heavy atom. The van der Waals surface area contributed by atoms with Gasteiger partial charge in [-0.15, -0.1) is 0 Å². The molecule has 3 heteroatoms. The van der Waals surface area contributed by atoms with Gasteiger partial charge in [0.15, 0.2) is 0 Å². The van der Waals surface area contributed by atoms with Crippen LogP contribution in [0.5, 0.6) is 0 Å². The first kappa shape index (κ1) is 72.1. The zero-order chi connectivity index (χ0) is 56.5. The third kappa shape index (κ3) is 32.0. The van der Waals surface area contributed by atoms with Gasteiger partial charge in [0.05, 0.1) is 0 Å². The fourth-order valence-electron chi connectivity index (χ4n) is 12.3. The minimum atomic E-state index is 0.991. The van der Waals surface area contributed by atoms with Gasteiger partial charge >= 0.3 is 51.9 Å². The Balaban J connectivity index is 0.00000277. The third-order valence-electron chi connectivity index (χ3n) is 16.8. The molecule has 0 aliphatic carbocycles. The summed E-state index contributed by atoms with van der Waals surface area (Å²) in [5.41, 5.74) is 27.8. The van der Waals surface area contributed by atoms with E-state index in [1.165, 1.54) is 295 Å². The molecule has 0 radical (unpaired) electrons. The molecule has 2 nitrogen and oxygen atoms in total. The monoisotopic (exact) mass is 1120 g/mol. The second-order valence-electron chi connectivity index (χ2n) is 24.3. The van der Waals surface area contributed by atoms with Crippen LogP contribution in [0.3, 0.4) is 0 Å². The molecule has 0 aromatic heterocycles. The topological polar surface area (TPSA) is 25.3 Å². The molecule has 0 saturated carbocycles. The molecule has 0 saturated heterocycles. The molecule has 1 heterocycles. The predicted octanol–water partition coefficient (Wildman–Crippen LogP) is 26.2. The molecule has 2 aromatic rings. The summed E-state index contributed by atoms with van der Waals surface area (Å²) >= 11 is 1.90. The molecule has 78 heavy (non-hydrogen) atoms. The first-order valence-electron chi connectivity index (χ1n) is 35.1. The van der Waals surface area contributed by atoms with Gasteiger partial charge in [-0.3, -0.25) is 0 Å². The molecule has 3 rings (SSSR count). The molecule has 2 aromatic carbocycles. The SMILES string of the molecule is CCCCCCCCCCCCCCCCCCCCCCCCCCCCCC1=C(c2cc(CCCCC)c(CCCCC)c(CCCCC)c2)[N+](=[N-])C(c2cc(CCC)c(CCC)c(CCC)c2)=C1.CC[CH2][Ni][CH2]CC. The Labute approximate surface area is 494 Å². The summed E-state index contributed by atoms with van der Waals surface area (Å²) in [5, 5.41) is 2.72. The van der Waals surface area contributed by atoms with Gasteiger partial charge in [0.1, 0.15) is 0 Å². The Hall–Kier alpha value is -1.99. The average Bonchev–Trinajstić information content (AvgIpc) is 3.83. The molecule has 0 fully saturated rings. The second kappa shape index (κ2) is 50.7. The Morgan fingerprint density at radius 2 is 0.590 bits per heavy atom. The summed E-state index contributed by atoms with van der Waals surface area (Å²) in [6.07, 6.45) is 66.3. The van der Waals surface area contributed by atoms with Crippen molar-refractivity contribution >= 4 is 11.4 Å². The van der Waals surface area contributed by atoms with E-state index in [0.29, 0.717) is 0 Å². The van der Waals surface area contributed by atoms with Crippen molar-refractivity contribution in [3.63, 3.8) is 0 Å². The molecule has 0 amide bonds. The van der Waals surface area contributed by atoms with Crippen LogP contribution >= 0.6 is 0 Å². The van der Waals surface area contributed by atoms with Gasteiger partial charge in [-0.25, -0.2) is 4.70 Å². The maximum atomic E-state index is 12.6. The molecule has 0 atom stereocenters. The third-order valence-corrected chi connectivity index (χ3v) is 18.4. The Kier molecular flexibility index (Phi) is 46.9. The number of aryl methyl sites for hydroxylation is 4. The van der Waals surface area contributed by atoms with E-state index in [9.17, 15) is 5.53 Å². The zero-order valence-corrected chi connectivity index (χ0v) is 54.9. The van der Waals surface area contributed by atoms with Gasteiger partial charge in [0, 0.05) is 22.8 Å². The molecule has 1 aliphatic heterocycles. The number of hydrogen-bond donors (Lipinski definition) is 0. The van der Waals surface area contributed by atoms with Crippen LogP contribution in [0.1, 0.15) is 376 Å². The summed E-state index contributed by atoms with van der Waals surface area (Å²) in [6.45, 7) is 20.7. The maximum absolute atomic E-state index is 12.6. The van der Waals surface area contributed by atoms with Crippen LogP contribution < -0.4 is 0 Å². The summed E-state index contributed by atoms with van der Waals surface area (Å²) in [7, 11) is 0. The van der Waals surface area contributed by atoms with E-state index in [1.54, 1.807) is 27.0 Å². The standard InChI is InChI=1S/C69H118N2.2C3H7.Ni/c1-8-15-19-20-21-22-23-24-25-26-27-28-29-30-31-32-33-34-35-36-37-38-39-40-41-42-46-52-63-58-68(64-54-59(47-12-5)66(49-14-7)60(55-64)48-13-6)71(70)69(63)65-56-61(50-43-16-9-2)67(53-45-18-11-4)62(57-65)51-44-17-10-3;2*1-3-2;/h54-58H,8-53H2,1-7H3;2*1,3H2,2H3;. The molecular formula is C75H132N2Ni. The van der Waals surface area contributed by atoms with Gasteiger partial charge in [-0.2, -0.15) is 0 Å². The van der Waals surface area contributed by atoms with Crippen molar-refractivity contribution in [2.75, 3.05) is 0 Å². The van der Waals surface area contributed by atoms with Crippen molar-refractivity contribution in [1.29, 1.82) is 0 Å². The summed E-state index contributed by atoms with van der Waals surface area (Å²) in [4.78, 5) is 0. The quantitative estimate of drug-likeness (QED) is 0.0358. The first-order chi connectivity index (χ1) is 38.4. The van der Waals surface area contributed by atoms with E-state index in [4.69, 9.17) is 0 Å². The van der Waals surface area contributed by atoms with Crippen LogP contribution in [0, 0.1) is 0 Å². The number of allylic oxidation sites excluding steroid dienone is 2. The van der Waals surface area contributed by atoms with Crippen molar-refractivity contribution < 1.29 is 19.1 Å². The van der Waals surface area contributed by atoms with Crippen molar-refractivity contribution in [1.82, 2.24) is 0 Å². The fourth-order valence-corrected chi connectivity index (χ4v) is 13.2. The predicted molar refractivity (Wildman–Crippen MR) is 348 cm³/mol. The molecule has 0 N–H and O–H groups in total. The fraction of sp³-hybridized carbons (Fsp3) is 0.787. The number of benzene rings is 2. The number of hydrogen-bond acceptors (Lipinski definition) is 0. The second-order valence-corrected chi connectivity index (χ2v) is 25.8. The number of nitrogens with zero attached hydrogens (tertiary/aromatic N) is 2. The van der Waals surface area contributed by atoms with Crippen molar-refractivity contribution in [2.24, 2.45) is 0 Å². The minimum absolute atomic E-state index is 0.991. The van der Waals surface area contributed by atoms with Crippen LogP contribution in [0.2, 0.25) is 10.8 Å². The van der Waals surface area contributed by atoms with Crippen molar-refractivity contribution in [2.45, 2.75) is 381 Å². The van der Waals surface area contributed by atoms with Crippen LogP contribution in [0.25, 0.3) is 16.9 Å². The van der Waals surface area contributed by atoms with Gasteiger partial charge in [0.25, 0.3) is 0 Å².